The first-order valence-corrected chi connectivity index (χ1v) is 10.1. The van der Waals surface area contributed by atoms with Crippen LogP contribution in [0.5, 0.6) is 5.75 Å². The number of benzene rings is 1. The molecule has 1 aliphatic rings. The van der Waals surface area contributed by atoms with Gasteiger partial charge in [-0.2, -0.15) is 4.98 Å². The van der Waals surface area contributed by atoms with Crippen LogP contribution in [0.4, 0.5) is 11.5 Å². The molecule has 0 bridgehead atoms. The second-order valence-electron chi connectivity index (χ2n) is 6.89. The molecule has 0 saturated heterocycles. The van der Waals surface area contributed by atoms with Gasteiger partial charge in [-0.1, -0.05) is 6.42 Å². The molecule has 7 nitrogen and oxygen atoms in total. The van der Waals surface area contributed by atoms with Gasteiger partial charge in [-0.3, -0.25) is 9.36 Å². The van der Waals surface area contributed by atoms with Crippen molar-refractivity contribution < 1.29 is 9.53 Å². The van der Waals surface area contributed by atoms with Crippen LogP contribution in [-0.2, 0) is 24.2 Å². The van der Waals surface area contributed by atoms with Crippen molar-refractivity contribution >= 4 is 39.0 Å². The smallest absolute Gasteiger partial charge is 0.351 e. The van der Waals surface area contributed by atoms with E-state index in [-0.39, 0.29) is 18.3 Å². The summed E-state index contributed by atoms with van der Waals surface area (Å²) in [6.45, 7) is -0.103. The average Bonchev–Trinajstić information content (AvgIpc) is 2.89. The van der Waals surface area contributed by atoms with Crippen molar-refractivity contribution in [1.82, 2.24) is 9.55 Å². The molecule has 8 heteroatoms. The normalized spacial score (nSPS) is 13.8. The molecule has 0 aliphatic heterocycles. The van der Waals surface area contributed by atoms with Gasteiger partial charge in [0.1, 0.15) is 22.9 Å². The number of anilines is 2. The number of hydrogen-bond acceptors (Lipinski definition) is 6. The van der Waals surface area contributed by atoms with E-state index in [1.807, 2.05) is 0 Å². The van der Waals surface area contributed by atoms with Crippen LogP contribution >= 0.6 is 11.3 Å². The van der Waals surface area contributed by atoms with Crippen molar-refractivity contribution in [2.75, 3.05) is 18.2 Å². The van der Waals surface area contributed by atoms with Crippen molar-refractivity contribution in [1.29, 1.82) is 0 Å². The van der Waals surface area contributed by atoms with Gasteiger partial charge >= 0.3 is 5.69 Å². The predicted octanol–water partition coefficient (Wildman–Crippen LogP) is 2.96. The van der Waals surface area contributed by atoms with Crippen molar-refractivity contribution in [3.63, 3.8) is 0 Å². The van der Waals surface area contributed by atoms with E-state index >= 15 is 0 Å². The zero-order chi connectivity index (χ0) is 19.7. The summed E-state index contributed by atoms with van der Waals surface area (Å²) in [5.41, 5.74) is 7.44. The molecular weight excluding hydrogens is 376 g/mol. The number of nitrogens with one attached hydrogen (secondary N) is 1. The Labute approximate surface area is 166 Å². The van der Waals surface area contributed by atoms with Crippen molar-refractivity contribution in [2.45, 2.75) is 38.6 Å². The molecule has 0 saturated carbocycles. The maximum Gasteiger partial charge on any atom is 0.351 e. The van der Waals surface area contributed by atoms with Gasteiger partial charge in [0.05, 0.1) is 12.5 Å². The minimum atomic E-state index is -0.494. The third-order valence-corrected chi connectivity index (χ3v) is 6.34. The minimum absolute atomic E-state index is 0.103. The van der Waals surface area contributed by atoms with Gasteiger partial charge in [0.25, 0.3) is 0 Å². The molecule has 1 amide bonds. The van der Waals surface area contributed by atoms with E-state index in [4.69, 9.17) is 10.5 Å². The quantitative estimate of drug-likeness (QED) is 0.658. The van der Waals surface area contributed by atoms with Gasteiger partial charge in [0.2, 0.25) is 5.91 Å². The number of thiophene rings is 1. The summed E-state index contributed by atoms with van der Waals surface area (Å²) in [6, 6.07) is 7.04. The highest BCUT2D eigenvalue weighted by atomic mass is 32.1. The Balaban J connectivity index is 1.66. The second-order valence-corrected chi connectivity index (χ2v) is 7.97. The lowest BCUT2D eigenvalue weighted by Gasteiger charge is -2.10. The monoisotopic (exact) mass is 398 g/mol. The molecule has 1 aromatic carbocycles. The van der Waals surface area contributed by atoms with E-state index in [0.29, 0.717) is 11.4 Å². The van der Waals surface area contributed by atoms with Gasteiger partial charge in [-0.25, -0.2) is 4.79 Å². The number of nitrogen functional groups attached to an aromatic ring is 1. The first-order valence-electron chi connectivity index (χ1n) is 9.31. The van der Waals surface area contributed by atoms with Crippen molar-refractivity contribution in [3.05, 3.63) is 45.2 Å². The molecule has 0 radical (unpaired) electrons. The lowest BCUT2D eigenvalue weighted by molar-refractivity contribution is -0.116. The number of nitrogens with two attached hydrogens (primary N) is 1. The summed E-state index contributed by atoms with van der Waals surface area (Å²) >= 11 is 1.57. The number of fused-ring (bicyclic) bond motifs is 3. The molecule has 0 unspecified atom stereocenters. The molecule has 4 rings (SSSR count). The fourth-order valence-electron chi connectivity index (χ4n) is 3.65. The lowest BCUT2D eigenvalue weighted by Crippen LogP contribution is -2.29. The third kappa shape index (κ3) is 3.47. The standard InChI is InChI=1S/C20H22N4O3S/c1-27-13-9-7-12(8-10-13)22-16(25)11-24-19-17(18(21)23-20(24)26)14-5-3-2-4-6-15(14)28-19/h7-10H,2-6,11H2,1H3,(H,22,25)(H2,21,23,26). The molecule has 28 heavy (non-hydrogen) atoms. The summed E-state index contributed by atoms with van der Waals surface area (Å²) in [4.78, 5) is 31.0. The fraction of sp³-hybridized carbons (Fsp3) is 0.350. The Morgan fingerprint density at radius 3 is 2.75 bits per heavy atom. The fourth-order valence-corrected chi connectivity index (χ4v) is 5.04. The number of carbonyl (C=O) groups excluding carboxylic acids is 1. The third-order valence-electron chi connectivity index (χ3n) is 5.03. The van der Waals surface area contributed by atoms with E-state index in [1.54, 1.807) is 42.7 Å². The number of ether oxygens (including phenoxy) is 1. The number of aryl methyl sites for hydroxylation is 2. The van der Waals surface area contributed by atoms with Gasteiger partial charge in [0.15, 0.2) is 0 Å². The summed E-state index contributed by atoms with van der Waals surface area (Å²) < 4.78 is 6.55. The van der Waals surface area contributed by atoms with Crippen molar-refractivity contribution in [2.24, 2.45) is 0 Å². The van der Waals surface area contributed by atoms with E-state index < -0.39 is 5.69 Å². The van der Waals surface area contributed by atoms with E-state index in [9.17, 15) is 9.59 Å². The van der Waals surface area contributed by atoms with Crippen LogP contribution in [0.25, 0.3) is 10.2 Å². The summed E-state index contributed by atoms with van der Waals surface area (Å²) in [5, 5.41) is 3.66. The Morgan fingerprint density at radius 1 is 1.25 bits per heavy atom. The molecular formula is C20H22N4O3S. The summed E-state index contributed by atoms with van der Waals surface area (Å²) in [6.07, 6.45) is 5.36. The van der Waals surface area contributed by atoms with E-state index in [1.165, 1.54) is 21.4 Å². The Kier molecular flexibility index (Phi) is 5.04. The van der Waals surface area contributed by atoms with Crippen LogP contribution in [0, 0.1) is 0 Å². The number of carbonyl (C=O) groups is 1. The number of nitrogens with zero attached hydrogens (tertiary/aromatic N) is 2. The molecule has 2 aromatic heterocycles. The van der Waals surface area contributed by atoms with E-state index in [0.717, 1.165) is 35.9 Å². The number of rotatable bonds is 4. The van der Waals surface area contributed by atoms with E-state index in [2.05, 4.69) is 10.3 Å². The SMILES string of the molecule is COc1ccc(NC(=O)Cn2c(=O)nc(N)c3c4c(sc32)CCCCC4)cc1. The van der Waals surface area contributed by atoms with Crippen LogP contribution in [0.3, 0.4) is 0 Å². The Bertz CT molecular complexity index is 1090. The van der Waals surface area contributed by atoms with Crippen LogP contribution in [-0.4, -0.2) is 22.6 Å². The largest absolute Gasteiger partial charge is 0.497 e. The first-order chi connectivity index (χ1) is 13.6. The second kappa shape index (κ2) is 7.63. The Morgan fingerprint density at radius 2 is 2.00 bits per heavy atom. The van der Waals surface area contributed by atoms with Crippen LogP contribution in [0.2, 0.25) is 0 Å². The van der Waals surface area contributed by atoms with Gasteiger partial charge < -0.3 is 15.8 Å². The molecule has 3 aromatic rings. The highest BCUT2D eigenvalue weighted by molar-refractivity contribution is 7.19. The minimum Gasteiger partial charge on any atom is -0.497 e. The number of aromatic nitrogens is 2. The maximum absolute atomic E-state index is 12.6. The summed E-state index contributed by atoms with van der Waals surface area (Å²) in [7, 11) is 1.59. The highest BCUT2D eigenvalue weighted by Gasteiger charge is 2.21. The maximum atomic E-state index is 12.6. The van der Waals surface area contributed by atoms with Crippen LogP contribution < -0.4 is 21.5 Å². The number of hydrogen-bond donors (Lipinski definition) is 2. The molecule has 1 aliphatic carbocycles. The van der Waals surface area contributed by atoms with Gasteiger partial charge in [0, 0.05) is 10.6 Å². The summed E-state index contributed by atoms with van der Waals surface area (Å²) in [5.74, 6) is 0.689. The van der Waals surface area contributed by atoms with Crippen LogP contribution in [0.1, 0.15) is 29.7 Å². The van der Waals surface area contributed by atoms with Crippen molar-refractivity contribution in [3.8, 4) is 5.75 Å². The van der Waals surface area contributed by atoms with Gasteiger partial charge in [-0.05, 0) is 55.5 Å². The van der Waals surface area contributed by atoms with Crippen LogP contribution in [0.15, 0.2) is 29.1 Å². The number of methoxy groups -OCH3 is 1. The highest BCUT2D eigenvalue weighted by Crippen LogP contribution is 2.37. The van der Waals surface area contributed by atoms with Gasteiger partial charge in [-0.15, -0.1) is 11.3 Å². The molecule has 0 atom stereocenters. The molecule has 2 heterocycles. The molecule has 0 fully saturated rings. The molecule has 0 spiro atoms. The topological polar surface area (TPSA) is 99.2 Å². The molecule has 3 N–H and O–H groups in total. The molecule has 146 valence electrons. The predicted molar refractivity (Wildman–Crippen MR) is 111 cm³/mol. The zero-order valence-corrected chi connectivity index (χ0v) is 16.5. The zero-order valence-electron chi connectivity index (χ0n) is 15.7. The average molecular weight is 398 g/mol. The first kappa shape index (κ1) is 18.5. The number of amides is 1. The lowest BCUT2D eigenvalue weighted by atomic mass is 10.1. The Hall–Kier alpha value is -2.87.